The van der Waals surface area contributed by atoms with E-state index < -0.39 is 5.82 Å². The molecule has 3 aliphatic heterocycles. The molecule has 1 N–H and O–H groups in total. The number of anilines is 3. The number of nitrogens with zero attached hydrogens (tertiary/aromatic N) is 4. The van der Waals surface area contributed by atoms with Crippen molar-refractivity contribution < 1.29 is 18.7 Å². The summed E-state index contributed by atoms with van der Waals surface area (Å²) in [5.41, 5.74) is 4.78. The number of carbonyl (C=O) groups excluding carboxylic acids is 2. The Bertz CT molecular complexity index is 1730. The zero-order chi connectivity index (χ0) is 29.7. The number of ether oxygens (including phenoxy) is 1. The van der Waals surface area contributed by atoms with Crippen LogP contribution in [0.5, 0.6) is 0 Å². The maximum atomic E-state index is 14.3. The van der Waals surface area contributed by atoms with Gasteiger partial charge in [-0.15, -0.1) is 11.3 Å². The zero-order valence-electron chi connectivity index (χ0n) is 23.5. The normalized spacial score (nSPS) is 17.1. The first-order chi connectivity index (χ1) is 20.8. The first kappa shape index (κ1) is 28.1. The molecule has 0 atom stereocenters. The van der Waals surface area contributed by atoms with Crippen LogP contribution >= 0.6 is 27.3 Å². The van der Waals surface area contributed by atoms with E-state index in [-0.39, 0.29) is 17.2 Å². The summed E-state index contributed by atoms with van der Waals surface area (Å²) in [7, 11) is 0. The standard InChI is InChI=1S/C32H29BrFN5O3S/c1-19-12-24(29(36-15-19)38-17-32(18-38)7-10-42-11-8-32)30(40)37-23-4-2-20(3-5-23)31(41)39-9-6-21-13-26(33)43-28(21)27-25(39)14-22(34)16-35-27/h2-5,12-16H,6-11,17-18H2,1H3,(H,37,40). The maximum absolute atomic E-state index is 14.3. The Morgan fingerprint density at radius 1 is 1.07 bits per heavy atom. The molecular formula is C32H29BrFN5O3S. The molecule has 43 heavy (non-hydrogen) atoms. The van der Waals surface area contributed by atoms with E-state index >= 15 is 0 Å². The predicted molar refractivity (Wildman–Crippen MR) is 169 cm³/mol. The highest BCUT2D eigenvalue weighted by Gasteiger charge is 2.45. The van der Waals surface area contributed by atoms with E-state index in [4.69, 9.17) is 4.74 Å². The van der Waals surface area contributed by atoms with Gasteiger partial charge in [0.1, 0.15) is 17.3 Å². The smallest absolute Gasteiger partial charge is 0.259 e. The number of aryl methyl sites for hydroxylation is 1. The van der Waals surface area contributed by atoms with Gasteiger partial charge >= 0.3 is 0 Å². The third kappa shape index (κ3) is 5.34. The van der Waals surface area contributed by atoms with Gasteiger partial charge in [0.2, 0.25) is 0 Å². The quantitative estimate of drug-likeness (QED) is 0.269. The van der Waals surface area contributed by atoms with Gasteiger partial charge in [0.25, 0.3) is 11.8 Å². The number of thiophene rings is 1. The molecule has 0 aliphatic carbocycles. The summed E-state index contributed by atoms with van der Waals surface area (Å²) in [5.74, 6) is -0.322. The number of fused-ring (bicyclic) bond motifs is 3. The molecule has 1 spiro atoms. The number of aromatic nitrogens is 2. The highest BCUT2D eigenvalue weighted by molar-refractivity contribution is 9.11. The molecule has 0 saturated carbocycles. The Hall–Kier alpha value is -3.67. The number of halogens is 2. The van der Waals surface area contributed by atoms with E-state index in [1.165, 1.54) is 23.6 Å². The molecule has 0 bridgehead atoms. The molecule has 4 aromatic rings. The van der Waals surface area contributed by atoms with Gasteiger partial charge in [-0.3, -0.25) is 14.6 Å². The Morgan fingerprint density at radius 2 is 1.84 bits per heavy atom. The van der Waals surface area contributed by atoms with Crippen LogP contribution in [-0.2, 0) is 11.2 Å². The minimum atomic E-state index is -0.500. The molecule has 0 radical (unpaired) electrons. The average Bonchev–Trinajstić information content (AvgIpc) is 3.30. The fraction of sp³-hybridized carbons (Fsp3) is 0.312. The van der Waals surface area contributed by atoms with Crippen LogP contribution in [0.25, 0.3) is 10.6 Å². The zero-order valence-corrected chi connectivity index (χ0v) is 25.9. The highest BCUT2D eigenvalue weighted by Crippen LogP contribution is 2.43. The SMILES string of the molecule is Cc1cnc(N2CC3(CCOCC3)C2)c(C(=O)Nc2ccc(C(=O)N3CCc4cc(Br)sc4-c4ncc(F)cc43)cc2)c1. The number of benzene rings is 1. The van der Waals surface area contributed by atoms with Gasteiger partial charge < -0.3 is 19.9 Å². The lowest BCUT2D eigenvalue weighted by Gasteiger charge is -2.53. The maximum Gasteiger partial charge on any atom is 0.259 e. The third-order valence-electron chi connectivity index (χ3n) is 8.51. The van der Waals surface area contributed by atoms with Gasteiger partial charge in [0.05, 0.1) is 26.1 Å². The summed E-state index contributed by atoms with van der Waals surface area (Å²) < 4.78 is 20.8. The van der Waals surface area contributed by atoms with Gasteiger partial charge in [0.15, 0.2) is 0 Å². The summed E-state index contributed by atoms with van der Waals surface area (Å²) >= 11 is 5.06. The van der Waals surface area contributed by atoms with Crippen molar-refractivity contribution in [2.24, 2.45) is 5.41 Å². The molecule has 2 saturated heterocycles. The van der Waals surface area contributed by atoms with E-state index in [1.807, 2.05) is 19.1 Å². The molecule has 2 fully saturated rings. The lowest BCUT2D eigenvalue weighted by Crippen LogP contribution is -2.59. The number of pyridine rings is 2. The first-order valence-corrected chi connectivity index (χ1v) is 15.9. The second-order valence-electron chi connectivity index (χ2n) is 11.5. The van der Waals surface area contributed by atoms with E-state index in [2.05, 4.69) is 36.1 Å². The summed E-state index contributed by atoms with van der Waals surface area (Å²) in [6, 6.07) is 12.1. The minimum Gasteiger partial charge on any atom is -0.381 e. The third-order valence-corrected chi connectivity index (χ3v) is 10.2. The monoisotopic (exact) mass is 661 g/mol. The largest absolute Gasteiger partial charge is 0.381 e. The second kappa shape index (κ2) is 11.1. The van der Waals surface area contributed by atoms with Gasteiger partial charge in [-0.05, 0) is 89.6 Å². The molecule has 6 heterocycles. The van der Waals surface area contributed by atoms with Crippen LogP contribution in [0.15, 0.2) is 58.6 Å². The van der Waals surface area contributed by atoms with Crippen molar-refractivity contribution in [1.82, 2.24) is 9.97 Å². The van der Waals surface area contributed by atoms with Crippen molar-refractivity contribution in [3.05, 3.63) is 86.7 Å². The molecule has 3 aromatic heterocycles. The van der Waals surface area contributed by atoms with Crippen LogP contribution in [0.1, 0.15) is 44.7 Å². The Labute approximate surface area is 261 Å². The van der Waals surface area contributed by atoms with Crippen molar-refractivity contribution in [2.75, 3.05) is 48.0 Å². The molecule has 7 rings (SSSR count). The average molecular weight is 663 g/mol. The molecule has 1 aromatic carbocycles. The molecule has 0 unspecified atom stereocenters. The molecule has 2 amide bonds. The Balaban J connectivity index is 1.09. The fourth-order valence-corrected chi connectivity index (χ4v) is 7.92. The van der Waals surface area contributed by atoms with Gasteiger partial charge in [-0.1, -0.05) is 0 Å². The van der Waals surface area contributed by atoms with Crippen LogP contribution in [0.2, 0.25) is 0 Å². The number of hydrogen-bond acceptors (Lipinski definition) is 7. The topological polar surface area (TPSA) is 87.7 Å². The van der Waals surface area contributed by atoms with E-state index in [0.29, 0.717) is 47.0 Å². The van der Waals surface area contributed by atoms with Gasteiger partial charge in [0, 0.05) is 61.8 Å². The lowest BCUT2D eigenvalue weighted by molar-refractivity contribution is -0.000509. The van der Waals surface area contributed by atoms with Crippen LogP contribution in [0, 0.1) is 18.2 Å². The number of nitrogens with one attached hydrogen (secondary N) is 1. The van der Waals surface area contributed by atoms with Crippen LogP contribution < -0.4 is 15.1 Å². The fourth-order valence-electron chi connectivity index (χ4n) is 6.22. The summed E-state index contributed by atoms with van der Waals surface area (Å²) in [4.78, 5) is 40.8. The van der Waals surface area contributed by atoms with Crippen molar-refractivity contribution in [1.29, 1.82) is 0 Å². The molecule has 3 aliphatic rings. The van der Waals surface area contributed by atoms with Crippen molar-refractivity contribution in [2.45, 2.75) is 26.2 Å². The summed E-state index contributed by atoms with van der Waals surface area (Å²) in [5, 5.41) is 2.98. The first-order valence-electron chi connectivity index (χ1n) is 14.3. The Morgan fingerprint density at radius 3 is 2.60 bits per heavy atom. The summed E-state index contributed by atoms with van der Waals surface area (Å²) in [6.45, 7) is 5.61. The minimum absolute atomic E-state index is 0.249. The van der Waals surface area contributed by atoms with Crippen molar-refractivity contribution in [3.8, 4) is 10.6 Å². The molecule has 220 valence electrons. The summed E-state index contributed by atoms with van der Waals surface area (Å²) in [6.07, 6.45) is 5.66. The number of rotatable bonds is 4. The molecular weight excluding hydrogens is 633 g/mol. The lowest BCUT2D eigenvalue weighted by atomic mass is 9.73. The van der Waals surface area contributed by atoms with E-state index in [1.54, 1.807) is 35.4 Å². The Kier molecular flexibility index (Phi) is 7.27. The highest BCUT2D eigenvalue weighted by atomic mass is 79.9. The second-order valence-corrected chi connectivity index (χ2v) is 13.9. The van der Waals surface area contributed by atoms with E-state index in [0.717, 1.165) is 58.9 Å². The van der Waals surface area contributed by atoms with E-state index in [9.17, 15) is 14.0 Å². The van der Waals surface area contributed by atoms with Crippen molar-refractivity contribution in [3.63, 3.8) is 0 Å². The van der Waals surface area contributed by atoms with Gasteiger partial charge in [-0.25, -0.2) is 9.37 Å². The number of amides is 2. The molecule has 8 nitrogen and oxygen atoms in total. The molecule has 11 heteroatoms. The van der Waals surface area contributed by atoms with Crippen molar-refractivity contribution >= 4 is 56.3 Å². The van der Waals surface area contributed by atoms with Crippen LogP contribution in [0.4, 0.5) is 21.6 Å². The van der Waals surface area contributed by atoms with Gasteiger partial charge in [-0.2, -0.15) is 0 Å². The number of carbonyl (C=O) groups is 2. The predicted octanol–water partition coefficient (Wildman–Crippen LogP) is 6.49. The van der Waals surface area contributed by atoms with Crippen LogP contribution in [0.3, 0.4) is 0 Å². The number of hydrogen-bond donors (Lipinski definition) is 1. The van der Waals surface area contributed by atoms with Crippen LogP contribution in [-0.4, -0.2) is 54.6 Å².